The summed E-state index contributed by atoms with van der Waals surface area (Å²) in [5.74, 6) is 0. The van der Waals surface area contributed by atoms with Gasteiger partial charge in [-0.2, -0.15) is 5.26 Å². The molecule has 0 aliphatic carbocycles. The molecule has 0 amide bonds. The molecule has 0 fully saturated rings. The van der Waals surface area contributed by atoms with E-state index < -0.39 is 0 Å². The van der Waals surface area contributed by atoms with Crippen LogP contribution in [0.25, 0.3) is 10.9 Å². The lowest BCUT2D eigenvalue weighted by Gasteiger charge is -2.30. The number of para-hydroxylation sites is 1. The van der Waals surface area contributed by atoms with Crippen molar-refractivity contribution in [1.29, 1.82) is 5.26 Å². The Labute approximate surface area is 114 Å². The van der Waals surface area contributed by atoms with E-state index in [1.165, 1.54) is 0 Å². The summed E-state index contributed by atoms with van der Waals surface area (Å²) in [5, 5.41) is 13.9. The molecule has 3 heteroatoms. The molecule has 2 rings (SSSR count). The monoisotopic (exact) mass is 253 g/mol. The van der Waals surface area contributed by atoms with E-state index in [4.69, 9.17) is 0 Å². The summed E-state index contributed by atoms with van der Waals surface area (Å²) in [6, 6.07) is 10.2. The Balaban J connectivity index is 2.60. The van der Waals surface area contributed by atoms with Crippen LogP contribution in [0.2, 0.25) is 0 Å². The fourth-order valence-electron chi connectivity index (χ4n) is 2.09. The summed E-state index contributed by atoms with van der Waals surface area (Å²) in [4.78, 5) is 4.33. The first-order valence-corrected chi connectivity index (χ1v) is 6.69. The van der Waals surface area contributed by atoms with Gasteiger partial charge in [-0.1, -0.05) is 32.0 Å². The van der Waals surface area contributed by atoms with Gasteiger partial charge in [-0.15, -0.1) is 0 Å². The highest BCUT2D eigenvalue weighted by Gasteiger charge is 2.21. The maximum Gasteiger partial charge on any atom is 0.103 e. The number of fused-ring (bicyclic) bond motifs is 1. The number of aromatic nitrogens is 1. The van der Waals surface area contributed by atoms with Crippen LogP contribution in [0, 0.1) is 11.3 Å². The van der Waals surface area contributed by atoms with Gasteiger partial charge < -0.3 is 5.32 Å². The Bertz CT molecular complexity index is 621. The van der Waals surface area contributed by atoms with Crippen LogP contribution in [0.15, 0.2) is 30.5 Å². The Morgan fingerprint density at radius 3 is 2.58 bits per heavy atom. The van der Waals surface area contributed by atoms with Gasteiger partial charge in [0.2, 0.25) is 0 Å². The molecule has 3 nitrogen and oxygen atoms in total. The number of rotatable bonds is 4. The van der Waals surface area contributed by atoms with E-state index in [0.717, 1.165) is 29.4 Å². The summed E-state index contributed by atoms with van der Waals surface area (Å²) < 4.78 is 0. The topological polar surface area (TPSA) is 48.7 Å². The minimum atomic E-state index is -0.00424. The first kappa shape index (κ1) is 13.4. The number of hydrogen-bond acceptors (Lipinski definition) is 3. The summed E-state index contributed by atoms with van der Waals surface area (Å²) in [5.41, 5.74) is 2.42. The third-order valence-corrected chi connectivity index (χ3v) is 3.88. The van der Waals surface area contributed by atoms with Gasteiger partial charge in [0.05, 0.1) is 16.8 Å². The van der Waals surface area contributed by atoms with E-state index in [2.05, 4.69) is 37.1 Å². The second-order valence-corrected chi connectivity index (χ2v) is 5.07. The smallest absolute Gasteiger partial charge is 0.103 e. The van der Waals surface area contributed by atoms with Gasteiger partial charge in [0, 0.05) is 17.1 Å². The average Bonchev–Trinajstić information content (AvgIpc) is 2.47. The van der Waals surface area contributed by atoms with E-state index in [0.29, 0.717) is 5.56 Å². The third-order valence-electron chi connectivity index (χ3n) is 3.88. The summed E-state index contributed by atoms with van der Waals surface area (Å²) in [6.45, 7) is 6.50. The van der Waals surface area contributed by atoms with Crippen LogP contribution in [0.4, 0.5) is 5.69 Å². The number of benzene rings is 1. The lowest BCUT2D eigenvalue weighted by molar-refractivity contribution is 0.479. The first-order chi connectivity index (χ1) is 9.13. The molecule has 1 aromatic carbocycles. The molecule has 2 aromatic rings. The molecule has 0 unspecified atom stereocenters. The van der Waals surface area contributed by atoms with E-state index in [1.807, 2.05) is 24.3 Å². The van der Waals surface area contributed by atoms with Crippen LogP contribution in [-0.4, -0.2) is 10.5 Å². The SMILES string of the molecule is CCC(C)(CC)Nc1c(C#N)cnc2ccccc12. The van der Waals surface area contributed by atoms with Crippen molar-refractivity contribution in [2.75, 3.05) is 5.32 Å². The van der Waals surface area contributed by atoms with E-state index in [1.54, 1.807) is 6.20 Å². The van der Waals surface area contributed by atoms with Crippen LogP contribution < -0.4 is 5.32 Å². The minimum absolute atomic E-state index is 0.00424. The van der Waals surface area contributed by atoms with Crippen LogP contribution in [-0.2, 0) is 0 Å². The zero-order valence-electron chi connectivity index (χ0n) is 11.7. The second-order valence-electron chi connectivity index (χ2n) is 5.07. The molecule has 0 aliphatic heterocycles. The Hall–Kier alpha value is -2.08. The van der Waals surface area contributed by atoms with E-state index >= 15 is 0 Å². The normalized spacial score (nSPS) is 11.3. The predicted octanol–water partition coefficient (Wildman–Crippen LogP) is 4.10. The summed E-state index contributed by atoms with van der Waals surface area (Å²) in [6.07, 6.45) is 3.66. The van der Waals surface area contributed by atoms with Gasteiger partial charge in [0.1, 0.15) is 6.07 Å². The molecule has 1 N–H and O–H groups in total. The van der Waals surface area contributed by atoms with Gasteiger partial charge >= 0.3 is 0 Å². The Kier molecular flexibility index (Phi) is 3.71. The zero-order valence-corrected chi connectivity index (χ0v) is 11.7. The fourth-order valence-corrected chi connectivity index (χ4v) is 2.09. The molecule has 0 saturated carbocycles. The largest absolute Gasteiger partial charge is 0.378 e. The first-order valence-electron chi connectivity index (χ1n) is 6.69. The van der Waals surface area contributed by atoms with Crippen LogP contribution in [0.1, 0.15) is 39.2 Å². The molecular formula is C16H19N3. The van der Waals surface area contributed by atoms with Crippen molar-refractivity contribution < 1.29 is 0 Å². The van der Waals surface area contributed by atoms with Crippen LogP contribution in [0.5, 0.6) is 0 Å². The van der Waals surface area contributed by atoms with Crippen molar-refractivity contribution in [2.45, 2.75) is 39.2 Å². The van der Waals surface area contributed by atoms with Crippen molar-refractivity contribution in [1.82, 2.24) is 4.98 Å². The van der Waals surface area contributed by atoms with Crippen LogP contribution in [0.3, 0.4) is 0 Å². The number of hydrogen-bond donors (Lipinski definition) is 1. The number of anilines is 1. The number of nitrogens with zero attached hydrogens (tertiary/aromatic N) is 2. The maximum atomic E-state index is 9.29. The molecule has 0 atom stereocenters. The molecule has 0 aliphatic rings. The maximum absolute atomic E-state index is 9.29. The highest BCUT2D eigenvalue weighted by molar-refractivity contribution is 5.94. The van der Waals surface area contributed by atoms with Gasteiger partial charge in [-0.3, -0.25) is 4.98 Å². The fraction of sp³-hybridized carbons (Fsp3) is 0.375. The number of pyridine rings is 1. The minimum Gasteiger partial charge on any atom is -0.378 e. The van der Waals surface area contributed by atoms with Crippen molar-refractivity contribution in [3.8, 4) is 6.07 Å². The van der Waals surface area contributed by atoms with Crippen molar-refractivity contribution in [3.05, 3.63) is 36.0 Å². The quantitative estimate of drug-likeness (QED) is 0.892. The van der Waals surface area contributed by atoms with Crippen molar-refractivity contribution >= 4 is 16.6 Å². The van der Waals surface area contributed by atoms with Gasteiger partial charge in [-0.25, -0.2) is 0 Å². The number of nitriles is 1. The number of nitrogens with one attached hydrogen (secondary N) is 1. The Morgan fingerprint density at radius 2 is 1.95 bits per heavy atom. The molecule has 0 saturated heterocycles. The molecule has 0 radical (unpaired) electrons. The van der Waals surface area contributed by atoms with Gasteiger partial charge in [-0.05, 0) is 25.8 Å². The molecule has 19 heavy (non-hydrogen) atoms. The van der Waals surface area contributed by atoms with Crippen molar-refractivity contribution in [2.24, 2.45) is 0 Å². The third kappa shape index (κ3) is 2.53. The average molecular weight is 253 g/mol. The van der Waals surface area contributed by atoms with Crippen molar-refractivity contribution in [3.63, 3.8) is 0 Å². The van der Waals surface area contributed by atoms with E-state index in [9.17, 15) is 5.26 Å². The highest BCUT2D eigenvalue weighted by Crippen LogP contribution is 2.30. The van der Waals surface area contributed by atoms with Gasteiger partial charge in [0.25, 0.3) is 0 Å². The second kappa shape index (κ2) is 5.27. The molecular weight excluding hydrogens is 234 g/mol. The predicted molar refractivity (Wildman–Crippen MR) is 79.1 cm³/mol. The van der Waals surface area contributed by atoms with Crippen LogP contribution >= 0.6 is 0 Å². The van der Waals surface area contributed by atoms with E-state index in [-0.39, 0.29) is 5.54 Å². The summed E-state index contributed by atoms with van der Waals surface area (Å²) in [7, 11) is 0. The highest BCUT2D eigenvalue weighted by atomic mass is 15.0. The standard InChI is InChI=1S/C16H19N3/c1-4-16(3,5-2)19-15-12(10-17)11-18-14-9-7-6-8-13(14)15/h6-9,11H,4-5H2,1-3H3,(H,18,19). The molecule has 98 valence electrons. The lowest BCUT2D eigenvalue weighted by atomic mass is 9.94. The summed E-state index contributed by atoms with van der Waals surface area (Å²) >= 11 is 0. The molecule has 1 aromatic heterocycles. The van der Waals surface area contributed by atoms with Gasteiger partial charge in [0.15, 0.2) is 0 Å². The zero-order chi connectivity index (χ0) is 13.9. The Morgan fingerprint density at radius 1 is 1.26 bits per heavy atom. The lowest BCUT2D eigenvalue weighted by Crippen LogP contribution is -2.33. The molecule has 0 bridgehead atoms. The molecule has 1 heterocycles. The molecule has 0 spiro atoms.